The van der Waals surface area contributed by atoms with Crippen molar-refractivity contribution in [1.82, 2.24) is 14.6 Å². The normalized spacial score (nSPS) is 9.33. The van der Waals surface area contributed by atoms with Crippen molar-refractivity contribution in [3.05, 3.63) is 30.7 Å². The van der Waals surface area contributed by atoms with Gasteiger partial charge in [0, 0.05) is 12.3 Å². The van der Waals surface area contributed by atoms with E-state index in [-0.39, 0.29) is 0 Å². The lowest BCUT2D eigenvalue weighted by atomic mass is 10.6. The summed E-state index contributed by atoms with van der Waals surface area (Å²) in [5.74, 6) is 0. The Kier molecular flexibility index (Phi) is 0.701. The van der Waals surface area contributed by atoms with E-state index in [4.69, 9.17) is 0 Å². The largest absolute Gasteiger partial charge is 0.281 e. The molecule has 2 heterocycles. The van der Waals surface area contributed by atoms with Gasteiger partial charge in [-0.25, -0.2) is 0 Å². The first-order chi connectivity index (χ1) is 4.47. The Morgan fingerprint density at radius 1 is 1.56 bits per heavy atom. The average Bonchev–Trinajstić information content (AvgIpc) is 2.33. The lowest BCUT2D eigenvalue weighted by molar-refractivity contribution is 1.10. The second-order valence-corrected chi connectivity index (χ2v) is 1.65. The summed E-state index contributed by atoms with van der Waals surface area (Å²) in [6, 6.07) is 7.33. The minimum absolute atomic E-state index is 0.706. The molecule has 0 bridgehead atoms. The fourth-order valence-electron chi connectivity index (χ4n) is 0.665. The van der Waals surface area contributed by atoms with E-state index >= 15 is 0 Å². The summed E-state index contributed by atoms with van der Waals surface area (Å²) in [5, 5.41) is 7.41. The highest BCUT2D eigenvalue weighted by Gasteiger charge is 1.86. The molecule has 0 amide bonds. The third kappa shape index (κ3) is 0.533. The highest BCUT2D eigenvalue weighted by Crippen LogP contribution is 1.88. The van der Waals surface area contributed by atoms with Crippen molar-refractivity contribution < 1.29 is 0 Å². The standard InChI is InChI=1S/C6H3N3/c1-2-4-9-5-7-8-6(9)3-1/h2,4-5H. The van der Waals surface area contributed by atoms with Gasteiger partial charge in [-0.15, -0.1) is 10.2 Å². The van der Waals surface area contributed by atoms with Crippen LogP contribution >= 0.6 is 0 Å². The van der Waals surface area contributed by atoms with Crippen molar-refractivity contribution >= 4 is 5.65 Å². The molecule has 0 fully saturated rings. The van der Waals surface area contributed by atoms with Crippen molar-refractivity contribution in [3.63, 3.8) is 0 Å². The molecule has 2 aromatic rings. The SMILES string of the molecule is c1ccn2cnnc2c#1. The van der Waals surface area contributed by atoms with E-state index in [1.54, 1.807) is 16.8 Å². The van der Waals surface area contributed by atoms with Gasteiger partial charge in [0.1, 0.15) is 6.33 Å². The molecular weight excluding hydrogens is 114 g/mol. The van der Waals surface area contributed by atoms with Crippen LogP contribution in [-0.4, -0.2) is 14.6 Å². The van der Waals surface area contributed by atoms with Crippen LogP contribution in [0.25, 0.3) is 5.65 Å². The molecule has 0 spiro atoms. The monoisotopic (exact) mass is 117 g/mol. The first kappa shape index (κ1) is 4.33. The zero-order valence-corrected chi connectivity index (χ0v) is 4.57. The van der Waals surface area contributed by atoms with E-state index < -0.39 is 0 Å². The highest BCUT2D eigenvalue weighted by molar-refractivity contribution is 5.29. The van der Waals surface area contributed by atoms with E-state index in [9.17, 15) is 0 Å². The van der Waals surface area contributed by atoms with Gasteiger partial charge in [-0.2, -0.15) is 0 Å². The molecule has 0 saturated heterocycles. The van der Waals surface area contributed by atoms with Crippen LogP contribution in [0.15, 0.2) is 18.6 Å². The third-order valence-electron chi connectivity index (χ3n) is 1.08. The van der Waals surface area contributed by atoms with Crippen LogP contribution < -0.4 is 0 Å². The van der Waals surface area contributed by atoms with Gasteiger partial charge < -0.3 is 0 Å². The predicted octanol–water partition coefficient (Wildman–Crippen LogP) is 0.330. The number of aromatic nitrogens is 3. The Morgan fingerprint density at radius 2 is 2.56 bits per heavy atom. The van der Waals surface area contributed by atoms with Crippen LogP contribution in [0.1, 0.15) is 0 Å². The minimum atomic E-state index is 0.706. The predicted molar refractivity (Wildman–Crippen MR) is 30.7 cm³/mol. The summed E-state index contributed by atoms with van der Waals surface area (Å²) in [4.78, 5) is 0. The molecule has 42 valence electrons. The van der Waals surface area contributed by atoms with Gasteiger partial charge >= 0.3 is 0 Å². The molecule has 0 aliphatic heterocycles. The maximum atomic E-state index is 3.74. The Labute approximate surface area is 52.0 Å². The zero-order chi connectivity index (χ0) is 6.10. The summed E-state index contributed by atoms with van der Waals surface area (Å²) in [6.07, 6.45) is 3.45. The molecule has 0 aliphatic rings. The number of hydrogen-bond acceptors (Lipinski definition) is 2. The fourth-order valence-corrected chi connectivity index (χ4v) is 0.665. The maximum absolute atomic E-state index is 3.74. The number of nitrogens with zero attached hydrogens (tertiary/aromatic N) is 3. The van der Waals surface area contributed by atoms with Crippen LogP contribution in [0.3, 0.4) is 0 Å². The molecule has 2 aromatic heterocycles. The molecule has 0 saturated carbocycles. The summed E-state index contributed by atoms with van der Waals surface area (Å²) >= 11 is 0. The van der Waals surface area contributed by atoms with Gasteiger partial charge in [0.05, 0.1) is 0 Å². The zero-order valence-electron chi connectivity index (χ0n) is 4.57. The molecule has 9 heavy (non-hydrogen) atoms. The van der Waals surface area contributed by atoms with Crippen molar-refractivity contribution in [3.8, 4) is 0 Å². The second-order valence-electron chi connectivity index (χ2n) is 1.65. The molecule has 0 atom stereocenters. The lowest BCUT2D eigenvalue weighted by Gasteiger charge is -1.79. The van der Waals surface area contributed by atoms with Gasteiger partial charge in [0.15, 0.2) is 0 Å². The number of fused-ring (bicyclic) bond motifs is 1. The Hall–Kier alpha value is -1.56. The van der Waals surface area contributed by atoms with E-state index in [2.05, 4.69) is 22.3 Å². The molecule has 3 nitrogen and oxygen atoms in total. The van der Waals surface area contributed by atoms with Crippen LogP contribution in [0, 0.1) is 12.1 Å². The third-order valence-corrected chi connectivity index (χ3v) is 1.08. The van der Waals surface area contributed by atoms with Gasteiger partial charge in [-0.3, -0.25) is 4.40 Å². The van der Waals surface area contributed by atoms with Gasteiger partial charge in [0.2, 0.25) is 5.65 Å². The summed E-state index contributed by atoms with van der Waals surface area (Å²) in [5.41, 5.74) is 0.706. The quantitative estimate of drug-likeness (QED) is 0.497. The summed E-state index contributed by atoms with van der Waals surface area (Å²) in [6.45, 7) is 0. The Bertz CT molecular complexity index is 282. The van der Waals surface area contributed by atoms with Crippen molar-refractivity contribution in [2.75, 3.05) is 0 Å². The van der Waals surface area contributed by atoms with E-state index in [0.29, 0.717) is 5.65 Å². The molecule has 0 unspecified atom stereocenters. The molecule has 0 aliphatic carbocycles. The topological polar surface area (TPSA) is 30.2 Å². The lowest BCUT2D eigenvalue weighted by Crippen LogP contribution is -1.75. The summed E-state index contributed by atoms with van der Waals surface area (Å²) < 4.78 is 1.77. The molecular formula is C6H3N3. The van der Waals surface area contributed by atoms with Crippen molar-refractivity contribution in [2.24, 2.45) is 0 Å². The van der Waals surface area contributed by atoms with Crippen molar-refractivity contribution in [2.45, 2.75) is 0 Å². The van der Waals surface area contributed by atoms with Crippen LogP contribution in [0.2, 0.25) is 0 Å². The summed E-state index contributed by atoms with van der Waals surface area (Å²) in [7, 11) is 0. The fraction of sp³-hybridized carbons (Fsp3) is 0. The maximum Gasteiger partial charge on any atom is 0.212 e. The first-order valence-electron chi connectivity index (χ1n) is 2.54. The number of hydrogen-bond donors (Lipinski definition) is 0. The van der Waals surface area contributed by atoms with Gasteiger partial charge in [0.25, 0.3) is 0 Å². The highest BCUT2D eigenvalue weighted by atomic mass is 15.2. The van der Waals surface area contributed by atoms with Crippen LogP contribution in [0.4, 0.5) is 0 Å². The number of rotatable bonds is 0. The molecule has 3 heteroatoms. The van der Waals surface area contributed by atoms with E-state index in [1.165, 1.54) is 0 Å². The van der Waals surface area contributed by atoms with Crippen LogP contribution in [0.5, 0.6) is 0 Å². The van der Waals surface area contributed by atoms with Gasteiger partial charge in [-0.1, -0.05) is 6.07 Å². The second kappa shape index (κ2) is 1.46. The average molecular weight is 117 g/mol. The Balaban J connectivity index is 2.95. The molecule has 0 N–H and O–H groups in total. The molecule has 2 rings (SSSR count). The van der Waals surface area contributed by atoms with Crippen molar-refractivity contribution in [1.29, 1.82) is 0 Å². The van der Waals surface area contributed by atoms with E-state index in [1.807, 2.05) is 6.20 Å². The minimum Gasteiger partial charge on any atom is -0.281 e. The Morgan fingerprint density at radius 3 is 3.44 bits per heavy atom. The molecule has 0 aromatic carbocycles. The molecule has 0 radical (unpaired) electrons. The van der Waals surface area contributed by atoms with Crippen LogP contribution in [-0.2, 0) is 0 Å². The van der Waals surface area contributed by atoms with Gasteiger partial charge in [-0.05, 0) is 6.07 Å². The smallest absolute Gasteiger partial charge is 0.212 e. The van der Waals surface area contributed by atoms with E-state index in [0.717, 1.165) is 0 Å². The first-order valence-corrected chi connectivity index (χ1v) is 2.54.